The molecule has 2 aliphatic heterocycles. The molecule has 2 atom stereocenters. The minimum absolute atomic E-state index is 0.0843. The van der Waals surface area contributed by atoms with Gasteiger partial charge in [-0.05, 0) is 43.2 Å². The first-order chi connectivity index (χ1) is 18.1. The normalized spacial score (nSPS) is 21.4. The van der Waals surface area contributed by atoms with Crippen LogP contribution >= 0.6 is 10.2 Å². The van der Waals surface area contributed by atoms with Crippen molar-refractivity contribution < 1.29 is 38.5 Å². The molecule has 0 radical (unpaired) electrons. The number of benzene rings is 1. The third-order valence-electron chi connectivity index (χ3n) is 6.55. The number of hydrogen-bond acceptors (Lipinski definition) is 6. The van der Waals surface area contributed by atoms with E-state index in [0.29, 0.717) is 26.1 Å². The monoisotopic (exact) mass is 577 g/mol. The summed E-state index contributed by atoms with van der Waals surface area (Å²) in [6.45, 7) is 0.551. The lowest BCUT2D eigenvalue weighted by molar-refractivity contribution is -0.135. The van der Waals surface area contributed by atoms with Crippen molar-refractivity contribution in [2.75, 3.05) is 38.3 Å². The fourth-order valence-electron chi connectivity index (χ4n) is 4.46. The van der Waals surface area contributed by atoms with Gasteiger partial charge in [0.05, 0.1) is 6.54 Å². The highest BCUT2D eigenvalue weighted by molar-refractivity contribution is 8.45. The van der Waals surface area contributed by atoms with Gasteiger partial charge in [0, 0.05) is 56.5 Å². The Hall–Kier alpha value is -3.30. The summed E-state index contributed by atoms with van der Waals surface area (Å²) in [5.41, 5.74) is 0.0235. The first-order valence-corrected chi connectivity index (χ1v) is 14.0. The van der Waals surface area contributed by atoms with E-state index < -0.39 is 39.0 Å². The van der Waals surface area contributed by atoms with Crippen LogP contribution in [0.15, 0.2) is 53.7 Å². The highest BCUT2D eigenvalue weighted by atomic mass is 32.5. The second-order valence-corrected chi connectivity index (χ2v) is 11.9. The summed E-state index contributed by atoms with van der Waals surface area (Å²) in [6.07, 6.45) is 3.79. The number of pyridine rings is 1. The Balaban J connectivity index is 1.79. The molecule has 1 aromatic carbocycles. The molecule has 2 aromatic rings. The summed E-state index contributed by atoms with van der Waals surface area (Å²) in [4.78, 5) is 43.7. The van der Waals surface area contributed by atoms with Gasteiger partial charge in [0.15, 0.2) is 0 Å². The quantitative estimate of drug-likeness (QED) is 0.488. The molecule has 2 N–H and O–H groups in total. The molecule has 3 amide bonds. The summed E-state index contributed by atoms with van der Waals surface area (Å²) >= 11 is 0. The number of amides is 3. The van der Waals surface area contributed by atoms with Crippen LogP contribution in [0.5, 0.6) is 0 Å². The van der Waals surface area contributed by atoms with E-state index in [9.17, 15) is 33.8 Å². The topological polar surface area (TPSA) is 104 Å². The number of nitrogens with zero attached hydrogens (tertiary/aromatic N) is 3. The van der Waals surface area contributed by atoms with E-state index in [1.165, 1.54) is 36.5 Å². The number of aromatic nitrogens is 1. The van der Waals surface area contributed by atoms with E-state index in [2.05, 4.69) is 15.6 Å². The lowest BCUT2D eigenvalue weighted by Gasteiger charge is -2.41. The van der Waals surface area contributed by atoms with E-state index in [1.807, 2.05) is 0 Å². The zero-order valence-corrected chi connectivity index (χ0v) is 21.7. The number of carbonyl (C=O) groups is 3. The van der Waals surface area contributed by atoms with Gasteiger partial charge in [0.25, 0.3) is 0 Å². The number of carbonyl (C=O) groups excluding carboxylic acids is 3. The maximum Gasteiger partial charge on any atom is 0.310 e. The van der Waals surface area contributed by atoms with Crippen LogP contribution in [0.4, 0.5) is 25.1 Å². The summed E-state index contributed by atoms with van der Waals surface area (Å²) in [7, 11) is -8.51. The van der Waals surface area contributed by atoms with E-state index in [1.54, 1.807) is 0 Å². The molecule has 39 heavy (non-hydrogen) atoms. The second-order valence-electron chi connectivity index (χ2n) is 9.46. The fourth-order valence-corrected chi connectivity index (χ4v) is 5.11. The Bertz CT molecular complexity index is 1230. The maximum atomic E-state index is 13.9. The Labute approximate surface area is 221 Å². The molecule has 0 spiro atoms. The molecule has 2 saturated heterocycles. The highest BCUT2D eigenvalue weighted by Gasteiger charge is 2.65. The lowest BCUT2D eigenvalue weighted by atomic mass is 10.0. The van der Waals surface area contributed by atoms with Gasteiger partial charge >= 0.3 is 10.2 Å². The summed E-state index contributed by atoms with van der Waals surface area (Å²) < 4.78 is 72.4. The van der Waals surface area contributed by atoms with Crippen LogP contribution in [0.1, 0.15) is 24.4 Å². The second kappa shape index (κ2) is 10.0. The summed E-state index contributed by atoms with van der Waals surface area (Å²) in [5, 5.41) is 5.65. The van der Waals surface area contributed by atoms with Gasteiger partial charge in [-0.15, -0.1) is 0 Å². The molecule has 2 fully saturated rings. The average molecular weight is 578 g/mol. The predicted octanol–water partition coefficient (Wildman–Crippen LogP) is 3.54. The van der Waals surface area contributed by atoms with Gasteiger partial charge in [-0.25, -0.2) is 0 Å². The molecule has 2 unspecified atom stereocenters. The zero-order chi connectivity index (χ0) is 28.5. The van der Waals surface area contributed by atoms with Gasteiger partial charge in [-0.2, -0.15) is 0 Å². The minimum Gasteiger partial charge on any atom is -0.381 e. The number of rotatable bonds is 7. The number of nitrogens with one attached hydrogen (secondary N) is 2. The van der Waals surface area contributed by atoms with Crippen molar-refractivity contribution in [1.82, 2.24) is 20.5 Å². The van der Waals surface area contributed by atoms with Crippen LogP contribution < -0.4 is 15.5 Å². The number of anilines is 1. The van der Waals surface area contributed by atoms with Crippen molar-refractivity contribution in [1.29, 1.82) is 0 Å². The Morgan fingerprint density at radius 1 is 1.13 bits per heavy atom. The largest absolute Gasteiger partial charge is 0.381 e. The molecule has 214 valence electrons. The summed E-state index contributed by atoms with van der Waals surface area (Å²) in [5.74, 6) is -1.67. The van der Waals surface area contributed by atoms with Crippen molar-refractivity contribution >= 4 is 33.6 Å². The zero-order valence-electron chi connectivity index (χ0n) is 20.9. The first kappa shape index (κ1) is 28.7. The molecule has 2 aliphatic rings. The number of likely N-dealkylation sites (N-methyl/N-ethyl adjacent to an activating group) is 1. The van der Waals surface area contributed by atoms with Crippen molar-refractivity contribution in [2.24, 2.45) is 0 Å². The number of ether oxygens (including phenoxy) is 1. The van der Waals surface area contributed by atoms with Crippen molar-refractivity contribution in [2.45, 2.75) is 35.9 Å². The van der Waals surface area contributed by atoms with Gasteiger partial charge in [0.1, 0.15) is 17.0 Å². The Kier molecular flexibility index (Phi) is 7.38. The number of hydrogen-bond donors (Lipinski definition) is 2. The third kappa shape index (κ3) is 6.83. The van der Waals surface area contributed by atoms with Crippen molar-refractivity contribution in [3.05, 3.63) is 54.4 Å². The third-order valence-corrected chi connectivity index (χ3v) is 7.72. The van der Waals surface area contributed by atoms with E-state index >= 15 is 0 Å². The maximum absolute atomic E-state index is 13.9. The molecule has 0 saturated carbocycles. The lowest BCUT2D eigenvalue weighted by Crippen LogP contribution is -2.60. The Morgan fingerprint density at radius 2 is 1.79 bits per heavy atom. The molecule has 0 aliphatic carbocycles. The van der Waals surface area contributed by atoms with Crippen LogP contribution in [-0.2, 0) is 19.1 Å². The van der Waals surface area contributed by atoms with Crippen LogP contribution in [0.3, 0.4) is 0 Å². The molecular weight excluding hydrogens is 549 g/mol. The van der Waals surface area contributed by atoms with Gasteiger partial charge in [0.2, 0.25) is 17.7 Å². The molecule has 15 heteroatoms. The molecule has 1 aromatic heterocycles. The first-order valence-electron chi connectivity index (χ1n) is 12.1. The van der Waals surface area contributed by atoms with Crippen molar-refractivity contribution in [3.63, 3.8) is 0 Å². The van der Waals surface area contributed by atoms with E-state index in [-0.39, 0.29) is 48.4 Å². The Morgan fingerprint density at radius 3 is 2.36 bits per heavy atom. The van der Waals surface area contributed by atoms with Crippen LogP contribution in [0, 0.1) is 0 Å². The standard InChI is InChI=1S/C24H28F5N5O4S/c1-33-15-20(31-14-21(33)35)24(37)34(18-4-6-19(7-5-18)39(25,26,27,28)29)22(16-3-2-10-30-13-16)23(36)32-17-8-11-38-12-9-17/h2-7,10,13,17,20,22,31H,8-9,11-12,14-15H2,1H3,(H,32,36). The fraction of sp³-hybridized carbons (Fsp3) is 0.417. The van der Waals surface area contributed by atoms with Crippen LogP contribution in [0.2, 0.25) is 0 Å². The minimum atomic E-state index is -9.99. The van der Waals surface area contributed by atoms with Gasteiger partial charge in [-0.3, -0.25) is 29.6 Å². The van der Waals surface area contributed by atoms with E-state index in [0.717, 1.165) is 17.0 Å². The molecule has 4 rings (SSSR count). The van der Waals surface area contributed by atoms with Crippen molar-refractivity contribution in [3.8, 4) is 0 Å². The summed E-state index contributed by atoms with van der Waals surface area (Å²) in [6, 6.07) is 2.17. The van der Waals surface area contributed by atoms with Gasteiger partial charge in [-0.1, -0.05) is 25.5 Å². The predicted molar refractivity (Wildman–Crippen MR) is 134 cm³/mol. The molecular formula is C24H28F5N5O4S. The number of piperazine rings is 1. The van der Waals surface area contributed by atoms with Crippen LogP contribution in [0.25, 0.3) is 0 Å². The van der Waals surface area contributed by atoms with E-state index in [4.69, 9.17) is 4.74 Å². The molecule has 0 bridgehead atoms. The average Bonchev–Trinajstić information content (AvgIpc) is 2.88. The van der Waals surface area contributed by atoms with Crippen LogP contribution in [-0.4, -0.2) is 73.0 Å². The number of halogens is 5. The SMILES string of the molecule is CN1CC(C(=O)N(c2ccc(S(F)(F)(F)(F)F)cc2)C(C(=O)NC2CCOCC2)c2cccnc2)NCC1=O. The molecule has 3 heterocycles. The smallest absolute Gasteiger partial charge is 0.310 e. The van der Waals surface area contributed by atoms with Gasteiger partial charge < -0.3 is 15.0 Å². The highest BCUT2D eigenvalue weighted by Crippen LogP contribution is 3.02. The molecule has 9 nitrogen and oxygen atoms in total.